The van der Waals surface area contributed by atoms with E-state index in [1.807, 2.05) is 0 Å². The predicted octanol–water partition coefficient (Wildman–Crippen LogP) is 2.62. The topological polar surface area (TPSA) is 52.3 Å². The molecule has 3 nitrogen and oxygen atoms in total. The minimum Gasteiger partial charge on any atom is -0.469 e. The van der Waals surface area contributed by atoms with E-state index in [2.05, 4.69) is 4.74 Å². The summed E-state index contributed by atoms with van der Waals surface area (Å²) in [7, 11) is 1.29. The third-order valence-electron chi connectivity index (χ3n) is 2.84. The summed E-state index contributed by atoms with van der Waals surface area (Å²) in [4.78, 5) is 11.3. The van der Waals surface area contributed by atoms with Crippen LogP contribution < -0.4 is 5.73 Å². The zero-order chi connectivity index (χ0) is 13.7. The number of methoxy groups -OCH3 is 1. The zero-order valence-electron chi connectivity index (χ0n) is 10.4. The molecule has 0 aliphatic heterocycles. The van der Waals surface area contributed by atoms with Crippen LogP contribution >= 0.6 is 0 Å². The van der Waals surface area contributed by atoms with Gasteiger partial charge in [-0.15, -0.1) is 0 Å². The number of halogens is 2. The van der Waals surface area contributed by atoms with Gasteiger partial charge in [-0.1, -0.05) is 18.2 Å². The molecule has 0 radical (unpaired) electrons. The van der Waals surface area contributed by atoms with Crippen LogP contribution in [0.1, 0.15) is 36.8 Å². The van der Waals surface area contributed by atoms with E-state index in [-0.39, 0.29) is 23.9 Å². The number of ether oxygens (including phenoxy) is 1. The SMILES string of the molecule is COC(=O)CC(c1cccc(C(F)F)c1)C(C)N. The molecule has 1 aromatic rings. The molecule has 1 rings (SSSR count). The van der Waals surface area contributed by atoms with Crippen molar-refractivity contribution in [3.05, 3.63) is 35.4 Å². The molecule has 100 valence electrons. The second-order valence-electron chi connectivity index (χ2n) is 4.22. The van der Waals surface area contributed by atoms with E-state index in [1.165, 1.54) is 19.2 Å². The number of carbonyl (C=O) groups excluding carboxylic acids is 1. The number of hydrogen-bond donors (Lipinski definition) is 1. The van der Waals surface area contributed by atoms with E-state index in [4.69, 9.17) is 5.73 Å². The van der Waals surface area contributed by atoms with Crippen LogP contribution in [-0.2, 0) is 9.53 Å². The summed E-state index contributed by atoms with van der Waals surface area (Å²) in [5.74, 6) is -0.726. The van der Waals surface area contributed by atoms with Crippen molar-refractivity contribution in [2.45, 2.75) is 31.7 Å². The largest absolute Gasteiger partial charge is 0.469 e. The van der Waals surface area contributed by atoms with E-state index in [0.717, 1.165) is 0 Å². The van der Waals surface area contributed by atoms with Gasteiger partial charge in [0.15, 0.2) is 0 Å². The van der Waals surface area contributed by atoms with Crippen molar-refractivity contribution in [1.82, 2.24) is 0 Å². The van der Waals surface area contributed by atoms with Crippen LogP contribution in [-0.4, -0.2) is 19.1 Å². The maximum Gasteiger partial charge on any atom is 0.306 e. The van der Waals surface area contributed by atoms with Crippen molar-refractivity contribution in [1.29, 1.82) is 0 Å². The van der Waals surface area contributed by atoms with Gasteiger partial charge < -0.3 is 10.5 Å². The highest BCUT2D eigenvalue weighted by molar-refractivity contribution is 5.70. The monoisotopic (exact) mass is 257 g/mol. The van der Waals surface area contributed by atoms with Gasteiger partial charge in [-0.25, -0.2) is 8.78 Å². The number of hydrogen-bond acceptors (Lipinski definition) is 3. The Labute approximate surface area is 105 Å². The van der Waals surface area contributed by atoms with Crippen LogP contribution in [0.2, 0.25) is 0 Å². The summed E-state index contributed by atoms with van der Waals surface area (Å²) in [6.07, 6.45) is -2.45. The van der Waals surface area contributed by atoms with Gasteiger partial charge in [-0.05, 0) is 18.6 Å². The molecule has 0 fully saturated rings. The Morgan fingerprint density at radius 3 is 2.50 bits per heavy atom. The third kappa shape index (κ3) is 3.77. The second-order valence-corrected chi connectivity index (χ2v) is 4.22. The summed E-state index contributed by atoms with van der Waals surface area (Å²) < 4.78 is 29.8. The number of rotatable bonds is 5. The molecule has 0 aromatic heterocycles. The number of nitrogens with two attached hydrogens (primary N) is 1. The summed E-state index contributed by atoms with van der Waals surface area (Å²) in [5.41, 5.74) is 6.37. The molecule has 2 unspecified atom stereocenters. The molecule has 2 atom stereocenters. The summed E-state index contributed by atoms with van der Waals surface area (Å²) in [6.45, 7) is 1.74. The minimum atomic E-state index is -2.53. The van der Waals surface area contributed by atoms with Gasteiger partial charge in [0.2, 0.25) is 0 Å². The van der Waals surface area contributed by atoms with Gasteiger partial charge in [0.1, 0.15) is 0 Å². The highest BCUT2D eigenvalue weighted by Crippen LogP contribution is 2.27. The lowest BCUT2D eigenvalue weighted by molar-refractivity contribution is -0.141. The average Bonchev–Trinajstić information content (AvgIpc) is 2.35. The summed E-state index contributed by atoms with van der Waals surface area (Å²) in [6, 6.07) is 5.66. The molecular formula is C13H17F2NO2. The first-order valence-corrected chi connectivity index (χ1v) is 5.66. The van der Waals surface area contributed by atoms with E-state index in [0.29, 0.717) is 5.56 Å². The smallest absolute Gasteiger partial charge is 0.306 e. The Balaban J connectivity index is 2.98. The van der Waals surface area contributed by atoms with Gasteiger partial charge in [0.05, 0.1) is 13.5 Å². The van der Waals surface area contributed by atoms with E-state index >= 15 is 0 Å². The molecule has 0 bridgehead atoms. The molecule has 1 aromatic carbocycles. The molecule has 0 spiro atoms. The Morgan fingerprint density at radius 2 is 2.00 bits per heavy atom. The predicted molar refractivity (Wildman–Crippen MR) is 64.4 cm³/mol. The molecular weight excluding hydrogens is 240 g/mol. The van der Waals surface area contributed by atoms with E-state index < -0.39 is 12.4 Å². The second kappa shape index (κ2) is 6.44. The van der Waals surface area contributed by atoms with Crippen LogP contribution in [0.25, 0.3) is 0 Å². The van der Waals surface area contributed by atoms with E-state index in [9.17, 15) is 13.6 Å². The maximum atomic E-state index is 12.6. The summed E-state index contributed by atoms with van der Waals surface area (Å²) >= 11 is 0. The fourth-order valence-corrected chi connectivity index (χ4v) is 1.80. The van der Waals surface area contributed by atoms with Crippen molar-refractivity contribution in [3.8, 4) is 0 Å². The van der Waals surface area contributed by atoms with Crippen molar-refractivity contribution in [2.75, 3.05) is 7.11 Å². The Morgan fingerprint density at radius 1 is 1.39 bits per heavy atom. The molecule has 0 heterocycles. The molecule has 0 aliphatic carbocycles. The average molecular weight is 257 g/mol. The van der Waals surface area contributed by atoms with Crippen molar-refractivity contribution >= 4 is 5.97 Å². The van der Waals surface area contributed by atoms with Crippen LogP contribution in [0, 0.1) is 0 Å². The highest BCUT2D eigenvalue weighted by atomic mass is 19.3. The summed E-state index contributed by atoms with van der Waals surface area (Å²) in [5, 5.41) is 0. The number of esters is 1. The number of alkyl halides is 2. The molecule has 0 aliphatic rings. The molecule has 5 heteroatoms. The third-order valence-corrected chi connectivity index (χ3v) is 2.84. The highest BCUT2D eigenvalue weighted by Gasteiger charge is 2.21. The maximum absolute atomic E-state index is 12.6. The number of carbonyl (C=O) groups is 1. The quantitative estimate of drug-likeness (QED) is 0.825. The number of benzene rings is 1. The van der Waals surface area contributed by atoms with Gasteiger partial charge in [-0.2, -0.15) is 0 Å². The molecule has 2 N–H and O–H groups in total. The van der Waals surface area contributed by atoms with Crippen molar-refractivity contribution in [2.24, 2.45) is 5.73 Å². The Bertz CT molecular complexity index is 408. The molecule has 18 heavy (non-hydrogen) atoms. The van der Waals surface area contributed by atoms with Crippen molar-refractivity contribution < 1.29 is 18.3 Å². The first kappa shape index (κ1) is 14.6. The molecule has 0 saturated heterocycles. The fraction of sp³-hybridized carbons (Fsp3) is 0.462. The van der Waals surface area contributed by atoms with Crippen LogP contribution in [0.15, 0.2) is 24.3 Å². The van der Waals surface area contributed by atoms with Gasteiger partial charge in [0.25, 0.3) is 6.43 Å². The standard InChI is InChI=1S/C13H17F2NO2/c1-8(16)11(7-12(17)18-2)9-4-3-5-10(6-9)13(14)15/h3-6,8,11,13H,7,16H2,1-2H3. The minimum absolute atomic E-state index is 0.0667. The van der Waals surface area contributed by atoms with Gasteiger partial charge in [0, 0.05) is 17.5 Å². The fourth-order valence-electron chi connectivity index (χ4n) is 1.80. The Kier molecular flexibility index (Phi) is 5.22. The normalized spacial score (nSPS) is 14.3. The lowest BCUT2D eigenvalue weighted by Gasteiger charge is -2.20. The first-order valence-electron chi connectivity index (χ1n) is 5.66. The van der Waals surface area contributed by atoms with E-state index in [1.54, 1.807) is 19.1 Å². The van der Waals surface area contributed by atoms with Crippen LogP contribution in [0.5, 0.6) is 0 Å². The van der Waals surface area contributed by atoms with Crippen LogP contribution in [0.3, 0.4) is 0 Å². The lowest BCUT2D eigenvalue weighted by Crippen LogP contribution is -2.27. The van der Waals surface area contributed by atoms with Gasteiger partial charge in [-0.3, -0.25) is 4.79 Å². The first-order chi connectivity index (χ1) is 8.45. The van der Waals surface area contributed by atoms with Gasteiger partial charge >= 0.3 is 5.97 Å². The van der Waals surface area contributed by atoms with Crippen LogP contribution in [0.4, 0.5) is 8.78 Å². The lowest BCUT2D eigenvalue weighted by atomic mass is 9.89. The van der Waals surface area contributed by atoms with Crippen molar-refractivity contribution in [3.63, 3.8) is 0 Å². The Hall–Kier alpha value is -1.49. The molecule has 0 saturated carbocycles. The zero-order valence-corrected chi connectivity index (χ0v) is 10.4. The molecule has 0 amide bonds.